The van der Waals surface area contributed by atoms with Crippen LogP contribution in [0.4, 0.5) is 10.1 Å². The summed E-state index contributed by atoms with van der Waals surface area (Å²) < 4.78 is 21.6. The van der Waals surface area contributed by atoms with Crippen molar-refractivity contribution in [2.75, 3.05) is 18.9 Å². The van der Waals surface area contributed by atoms with Crippen molar-refractivity contribution in [2.24, 2.45) is 0 Å². The Balaban J connectivity index is 2.00. The molecule has 0 atom stereocenters. The zero-order valence-corrected chi connectivity index (χ0v) is 15.7. The number of nitrogens with one attached hydrogen (secondary N) is 1. The average molecular weight is 365 g/mol. The molecule has 0 unspecified atom stereocenters. The van der Waals surface area contributed by atoms with E-state index in [-0.39, 0.29) is 5.82 Å². The summed E-state index contributed by atoms with van der Waals surface area (Å²) in [7, 11) is 0. The Kier molecular flexibility index (Phi) is 4.48. The number of hydrogen-bond acceptors (Lipinski definition) is 3. The highest BCUT2D eigenvalue weighted by atomic mass is 19.1. The van der Waals surface area contributed by atoms with Crippen molar-refractivity contribution >= 4 is 22.3 Å². The lowest BCUT2D eigenvalue weighted by atomic mass is 9.96. The molecule has 0 bridgehead atoms. The van der Waals surface area contributed by atoms with Gasteiger partial charge in [0.2, 0.25) is 0 Å². The molecule has 5 heteroatoms. The van der Waals surface area contributed by atoms with E-state index in [9.17, 15) is 4.39 Å². The van der Waals surface area contributed by atoms with E-state index in [1.807, 2.05) is 24.3 Å². The van der Waals surface area contributed by atoms with Crippen LogP contribution in [0.1, 0.15) is 42.5 Å². The van der Waals surface area contributed by atoms with Crippen molar-refractivity contribution in [2.45, 2.75) is 32.6 Å². The van der Waals surface area contributed by atoms with Gasteiger partial charge >= 0.3 is 0 Å². The molecule has 0 spiro atoms. The van der Waals surface area contributed by atoms with Gasteiger partial charge in [0.1, 0.15) is 5.82 Å². The standard InChI is InChI=1S/C22H24FN3O/c1-13-9-17(3-4-19(13)23)26-21(15-5-7-27-8-6-15)11-16-10-20(25)18(14(2)24)12-22(16)26/h3-4,9-12,15,24H,5-8,25H2,1-2H3. The van der Waals surface area contributed by atoms with Crippen molar-refractivity contribution in [3.63, 3.8) is 0 Å². The summed E-state index contributed by atoms with van der Waals surface area (Å²) in [6, 6.07) is 11.3. The van der Waals surface area contributed by atoms with Crippen LogP contribution in [0.3, 0.4) is 0 Å². The lowest BCUT2D eigenvalue weighted by Crippen LogP contribution is -2.16. The molecule has 0 saturated carbocycles. The van der Waals surface area contributed by atoms with Crippen LogP contribution in [0.5, 0.6) is 0 Å². The Hall–Kier alpha value is -2.66. The Morgan fingerprint density at radius 1 is 1.19 bits per heavy atom. The van der Waals surface area contributed by atoms with Gasteiger partial charge in [-0.1, -0.05) is 0 Å². The first kappa shape index (κ1) is 17.7. The van der Waals surface area contributed by atoms with Crippen molar-refractivity contribution in [3.05, 3.63) is 59.0 Å². The van der Waals surface area contributed by atoms with E-state index in [1.165, 1.54) is 11.8 Å². The van der Waals surface area contributed by atoms with Crippen LogP contribution in [0.15, 0.2) is 36.4 Å². The molecule has 1 saturated heterocycles. The van der Waals surface area contributed by atoms with Gasteiger partial charge in [-0.15, -0.1) is 0 Å². The molecule has 1 fully saturated rings. The lowest BCUT2D eigenvalue weighted by Gasteiger charge is -2.24. The number of nitrogens with two attached hydrogens (primary N) is 1. The highest BCUT2D eigenvalue weighted by Gasteiger charge is 2.23. The molecule has 0 radical (unpaired) electrons. The molecule has 3 aromatic rings. The third kappa shape index (κ3) is 3.12. The molecule has 1 aliphatic rings. The van der Waals surface area contributed by atoms with Crippen LogP contribution in [0.25, 0.3) is 16.6 Å². The lowest BCUT2D eigenvalue weighted by molar-refractivity contribution is 0.0842. The first-order chi connectivity index (χ1) is 13.0. The number of aromatic nitrogens is 1. The third-order valence-electron chi connectivity index (χ3n) is 5.44. The van der Waals surface area contributed by atoms with Gasteiger partial charge < -0.3 is 20.4 Å². The zero-order valence-electron chi connectivity index (χ0n) is 15.7. The molecule has 0 aliphatic carbocycles. The number of nitrogen functional groups attached to an aromatic ring is 1. The van der Waals surface area contributed by atoms with Crippen LogP contribution >= 0.6 is 0 Å². The highest BCUT2D eigenvalue weighted by molar-refractivity contribution is 6.05. The second-order valence-electron chi connectivity index (χ2n) is 7.35. The molecule has 0 amide bonds. The Bertz CT molecular complexity index is 1030. The minimum atomic E-state index is -0.205. The molecule has 4 rings (SSSR count). The summed E-state index contributed by atoms with van der Waals surface area (Å²) in [6.07, 6.45) is 1.92. The third-order valence-corrected chi connectivity index (χ3v) is 5.44. The van der Waals surface area contributed by atoms with Gasteiger partial charge in [-0.2, -0.15) is 0 Å². The quantitative estimate of drug-likeness (QED) is 0.510. The minimum Gasteiger partial charge on any atom is -0.398 e. The van der Waals surface area contributed by atoms with E-state index in [2.05, 4.69) is 10.6 Å². The predicted octanol–water partition coefficient (Wildman–Crippen LogP) is 4.94. The maximum atomic E-state index is 13.9. The van der Waals surface area contributed by atoms with E-state index in [0.29, 0.717) is 22.9 Å². The summed E-state index contributed by atoms with van der Waals surface area (Å²) in [5, 5.41) is 9.08. The molecule has 140 valence electrons. The number of anilines is 1. The summed E-state index contributed by atoms with van der Waals surface area (Å²) >= 11 is 0. The largest absolute Gasteiger partial charge is 0.398 e. The molecule has 27 heavy (non-hydrogen) atoms. The fourth-order valence-corrected chi connectivity index (χ4v) is 3.97. The summed E-state index contributed by atoms with van der Waals surface area (Å²) in [5.41, 5.74) is 11.7. The van der Waals surface area contributed by atoms with Gasteiger partial charge in [0, 0.05) is 52.9 Å². The highest BCUT2D eigenvalue weighted by Crippen LogP contribution is 2.36. The molecular weight excluding hydrogens is 341 g/mol. The maximum Gasteiger partial charge on any atom is 0.126 e. The smallest absolute Gasteiger partial charge is 0.126 e. The summed E-state index contributed by atoms with van der Waals surface area (Å²) in [4.78, 5) is 0. The molecule has 1 aromatic heterocycles. The first-order valence-electron chi connectivity index (χ1n) is 9.30. The molecule has 2 aromatic carbocycles. The number of hydrogen-bond donors (Lipinski definition) is 2. The monoisotopic (exact) mass is 365 g/mol. The van der Waals surface area contributed by atoms with Gasteiger partial charge in [-0.05, 0) is 68.7 Å². The van der Waals surface area contributed by atoms with Crippen LogP contribution in [-0.4, -0.2) is 23.5 Å². The Labute approximate surface area is 158 Å². The van der Waals surface area contributed by atoms with Gasteiger partial charge in [0.05, 0.1) is 5.52 Å². The number of ether oxygens (including phenoxy) is 1. The summed E-state index contributed by atoms with van der Waals surface area (Å²) in [6.45, 7) is 5.03. The van der Waals surface area contributed by atoms with Crippen molar-refractivity contribution in [3.8, 4) is 5.69 Å². The van der Waals surface area contributed by atoms with Crippen molar-refractivity contribution in [1.82, 2.24) is 4.57 Å². The number of rotatable bonds is 3. The fourth-order valence-electron chi connectivity index (χ4n) is 3.97. The Morgan fingerprint density at radius 3 is 2.59 bits per heavy atom. The number of benzene rings is 2. The summed E-state index contributed by atoms with van der Waals surface area (Å²) in [5.74, 6) is 0.172. The topological polar surface area (TPSA) is 64.0 Å². The van der Waals surface area contributed by atoms with E-state index in [1.54, 1.807) is 13.8 Å². The second kappa shape index (κ2) is 6.82. The molecular formula is C22H24FN3O. The van der Waals surface area contributed by atoms with Crippen LogP contribution in [0, 0.1) is 18.2 Å². The van der Waals surface area contributed by atoms with Crippen LogP contribution in [0.2, 0.25) is 0 Å². The zero-order chi connectivity index (χ0) is 19.1. The fraction of sp³-hybridized carbons (Fsp3) is 0.318. The van der Waals surface area contributed by atoms with E-state index in [4.69, 9.17) is 15.9 Å². The normalized spacial score (nSPS) is 15.4. The van der Waals surface area contributed by atoms with Crippen LogP contribution in [-0.2, 0) is 4.74 Å². The number of halogens is 1. The number of aryl methyl sites for hydroxylation is 1. The maximum absolute atomic E-state index is 13.9. The SMILES string of the molecule is CC(=N)c1cc2c(cc1N)cc(C1CCOCC1)n2-c1ccc(F)c(C)c1. The molecule has 1 aliphatic heterocycles. The van der Waals surface area contributed by atoms with Crippen molar-refractivity contribution < 1.29 is 9.13 Å². The van der Waals surface area contributed by atoms with Crippen molar-refractivity contribution in [1.29, 1.82) is 5.41 Å². The number of nitrogens with zero attached hydrogens (tertiary/aromatic N) is 1. The van der Waals surface area contributed by atoms with Gasteiger partial charge in [-0.3, -0.25) is 0 Å². The second-order valence-corrected chi connectivity index (χ2v) is 7.35. The van der Waals surface area contributed by atoms with E-state index in [0.717, 1.165) is 48.2 Å². The number of fused-ring (bicyclic) bond motifs is 1. The van der Waals surface area contributed by atoms with Gasteiger partial charge in [0.25, 0.3) is 0 Å². The van der Waals surface area contributed by atoms with Gasteiger partial charge in [0.15, 0.2) is 0 Å². The molecule has 3 N–H and O–H groups in total. The molecule has 4 nitrogen and oxygen atoms in total. The van der Waals surface area contributed by atoms with E-state index >= 15 is 0 Å². The molecule has 2 heterocycles. The average Bonchev–Trinajstić information content (AvgIpc) is 3.02. The van der Waals surface area contributed by atoms with Gasteiger partial charge in [-0.25, -0.2) is 4.39 Å². The minimum absolute atomic E-state index is 0.205. The first-order valence-corrected chi connectivity index (χ1v) is 9.30. The Morgan fingerprint density at radius 2 is 1.93 bits per heavy atom. The van der Waals surface area contributed by atoms with E-state index < -0.39 is 0 Å². The van der Waals surface area contributed by atoms with Crippen LogP contribution < -0.4 is 5.73 Å². The predicted molar refractivity (Wildman–Crippen MR) is 108 cm³/mol.